The Labute approximate surface area is 208 Å². The lowest BCUT2D eigenvalue weighted by Crippen LogP contribution is -2.33. The molecule has 3 fully saturated rings. The molecular weight excluding hydrogens is 442 g/mol. The maximum atomic E-state index is 12.6. The van der Waals surface area contributed by atoms with Gasteiger partial charge in [0, 0.05) is 43.3 Å². The van der Waals surface area contributed by atoms with Crippen LogP contribution in [0.2, 0.25) is 0 Å². The number of ether oxygens (including phenoxy) is 2. The molecule has 1 aliphatic carbocycles. The van der Waals surface area contributed by atoms with Gasteiger partial charge in [-0.1, -0.05) is 12.8 Å². The van der Waals surface area contributed by atoms with Crippen LogP contribution in [0.3, 0.4) is 0 Å². The quantitative estimate of drug-likeness (QED) is 0.385. The number of aromatic nitrogens is 1. The van der Waals surface area contributed by atoms with Crippen LogP contribution >= 0.6 is 0 Å². The molecule has 0 spiro atoms. The number of nitrogens with one attached hydrogen (secondary N) is 1. The molecule has 35 heavy (non-hydrogen) atoms. The Hall–Kier alpha value is -2.38. The van der Waals surface area contributed by atoms with Crippen LogP contribution in [-0.2, 0) is 20.7 Å². The first-order valence-corrected chi connectivity index (χ1v) is 13.5. The van der Waals surface area contributed by atoms with Crippen LogP contribution in [0.25, 0.3) is 10.9 Å². The van der Waals surface area contributed by atoms with E-state index in [0.717, 1.165) is 75.9 Å². The lowest BCUT2D eigenvalue weighted by Gasteiger charge is -2.23. The van der Waals surface area contributed by atoms with E-state index in [1.165, 1.54) is 28.7 Å². The largest absolute Gasteiger partial charge is 0.494 e. The van der Waals surface area contributed by atoms with Gasteiger partial charge in [-0.25, -0.2) is 0 Å². The second kappa shape index (κ2) is 11.1. The second-order valence-electron chi connectivity index (χ2n) is 10.4. The molecule has 2 aromatic rings. The number of H-pyrrole nitrogens is 1. The molecule has 1 aromatic heterocycles. The van der Waals surface area contributed by atoms with Crippen LogP contribution in [0.1, 0.15) is 56.9 Å². The number of nitrogens with zero attached hydrogens (tertiary/aromatic N) is 2. The maximum absolute atomic E-state index is 12.6. The van der Waals surface area contributed by atoms with Gasteiger partial charge < -0.3 is 14.5 Å². The van der Waals surface area contributed by atoms with Gasteiger partial charge in [0.25, 0.3) is 0 Å². The Morgan fingerprint density at radius 3 is 2.54 bits per heavy atom. The summed E-state index contributed by atoms with van der Waals surface area (Å²) in [4.78, 5) is 32.7. The van der Waals surface area contributed by atoms with Crippen molar-refractivity contribution in [3.8, 4) is 5.75 Å². The summed E-state index contributed by atoms with van der Waals surface area (Å²) in [5.74, 6) is 0.903. The van der Waals surface area contributed by atoms with E-state index in [-0.39, 0.29) is 23.7 Å². The first kappa shape index (κ1) is 24.3. The van der Waals surface area contributed by atoms with Crippen LogP contribution in [-0.4, -0.2) is 72.6 Å². The molecule has 1 aromatic carbocycles. The average molecular weight is 482 g/mol. The SMILES string of the molecule is COCCN1CCCC1Cc1c[nH]c2ccc(OCCCCN3C(=O)C4CCCCC4C3=O)cc12. The third-order valence-electron chi connectivity index (χ3n) is 8.25. The van der Waals surface area contributed by atoms with Gasteiger partial charge in [-0.15, -0.1) is 0 Å². The lowest BCUT2D eigenvalue weighted by atomic mass is 9.81. The normalized spacial score (nSPS) is 25.1. The number of imide groups is 1. The third-order valence-corrected chi connectivity index (χ3v) is 8.25. The molecule has 1 N–H and O–H groups in total. The first-order valence-electron chi connectivity index (χ1n) is 13.5. The van der Waals surface area contributed by atoms with E-state index < -0.39 is 0 Å². The maximum Gasteiger partial charge on any atom is 0.233 e. The predicted molar refractivity (Wildman–Crippen MR) is 135 cm³/mol. The summed E-state index contributed by atoms with van der Waals surface area (Å²) in [7, 11) is 1.77. The molecule has 2 aliphatic heterocycles. The summed E-state index contributed by atoms with van der Waals surface area (Å²) in [6, 6.07) is 6.82. The number of carbonyl (C=O) groups is 2. The van der Waals surface area contributed by atoms with Gasteiger partial charge in [0.15, 0.2) is 0 Å². The van der Waals surface area contributed by atoms with E-state index in [0.29, 0.717) is 19.2 Å². The summed E-state index contributed by atoms with van der Waals surface area (Å²) in [6.45, 7) is 4.04. The van der Waals surface area contributed by atoms with E-state index in [1.807, 2.05) is 6.07 Å². The predicted octanol–water partition coefficient (Wildman–Crippen LogP) is 4.16. The second-order valence-corrected chi connectivity index (χ2v) is 10.4. The summed E-state index contributed by atoms with van der Waals surface area (Å²) < 4.78 is 11.4. The molecule has 7 nitrogen and oxygen atoms in total. The van der Waals surface area contributed by atoms with Crippen LogP contribution in [0.4, 0.5) is 0 Å². The highest BCUT2D eigenvalue weighted by molar-refractivity contribution is 6.05. The van der Waals surface area contributed by atoms with Crippen molar-refractivity contribution in [3.63, 3.8) is 0 Å². The molecule has 3 atom stereocenters. The van der Waals surface area contributed by atoms with Gasteiger partial charge in [0.2, 0.25) is 11.8 Å². The van der Waals surface area contributed by atoms with Crippen molar-refractivity contribution in [2.24, 2.45) is 11.8 Å². The number of unbranched alkanes of at least 4 members (excludes halogenated alkanes) is 1. The fraction of sp³-hybridized carbons (Fsp3) is 0.643. The molecule has 0 radical (unpaired) electrons. The van der Waals surface area contributed by atoms with Gasteiger partial charge in [0.1, 0.15) is 5.75 Å². The van der Waals surface area contributed by atoms with E-state index in [4.69, 9.17) is 9.47 Å². The number of hydrogen-bond acceptors (Lipinski definition) is 5. The minimum atomic E-state index is -0.0499. The van der Waals surface area contributed by atoms with Crippen molar-refractivity contribution < 1.29 is 19.1 Å². The zero-order chi connectivity index (χ0) is 24.2. The van der Waals surface area contributed by atoms with E-state index >= 15 is 0 Å². The zero-order valence-electron chi connectivity index (χ0n) is 21.0. The number of methoxy groups -OCH3 is 1. The van der Waals surface area contributed by atoms with E-state index in [1.54, 1.807) is 7.11 Å². The van der Waals surface area contributed by atoms with Crippen molar-refractivity contribution in [3.05, 3.63) is 30.0 Å². The number of carbonyl (C=O) groups excluding carboxylic acids is 2. The molecule has 1 saturated carbocycles. The topological polar surface area (TPSA) is 74.9 Å². The van der Waals surface area contributed by atoms with E-state index in [2.05, 4.69) is 28.2 Å². The molecule has 2 amide bonds. The fourth-order valence-electron chi connectivity index (χ4n) is 6.31. The number of aromatic amines is 1. The highest BCUT2D eigenvalue weighted by atomic mass is 16.5. The molecule has 5 rings (SSSR count). The molecule has 0 bridgehead atoms. The molecule has 190 valence electrons. The van der Waals surface area contributed by atoms with Crippen molar-refractivity contribution in [1.29, 1.82) is 0 Å². The summed E-state index contributed by atoms with van der Waals surface area (Å²) in [5, 5.41) is 1.23. The minimum absolute atomic E-state index is 0.0499. The molecule has 3 aliphatic rings. The van der Waals surface area contributed by atoms with Crippen molar-refractivity contribution in [1.82, 2.24) is 14.8 Å². The lowest BCUT2D eigenvalue weighted by molar-refractivity contribution is -0.140. The summed E-state index contributed by atoms with van der Waals surface area (Å²) in [5.41, 5.74) is 2.48. The van der Waals surface area contributed by atoms with Gasteiger partial charge in [0.05, 0.1) is 25.0 Å². The highest BCUT2D eigenvalue weighted by Crippen LogP contribution is 2.38. The van der Waals surface area contributed by atoms with Gasteiger partial charge in [-0.2, -0.15) is 0 Å². The van der Waals surface area contributed by atoms with Crippen molar-refractivity contribution >= 4 is 22.7 Å². The van der Waals surface area contributed by atoms with Gasteiger partial charge in [-0.3, -0.25) is 19.4 Å². The van der Waals surface area contributed by atoms with Crippen LogP contribution in [0.15, 0.2) is 24.4 Å². The van der Waals surface area contributed by atoms with Crippen LogP contribution in [0.5, 0.6) is 5.75 Å². The van der Waals surface area contributed by atoms with Gasteiger partial charge >= 0.3 is 0 Å². The number of rotatable bonds is 11. The average Bonchev–Trinajstić information content (AvgIpc) is 3.56. The molecule has 3 heterocycles. The summed E-state index contributed by atoms with van der Waals surface area (Å²) in [6.07, 6.45) is 11.2. The Kier molecular flexibility index (Phi) is 7.73. The fourth-order valence-corrected chi connectivity index (χ4v) is 6.31. The smallest absolute Gasteiger partial charge is 0.233 e. The number of benzene rings is 1. The van der Waals surface area contributed by atoms with Crippen molar-refractivity contribution in [2.45, 2.75) is 63.8 Å². The van der Waals surface area contributed by atoms with Crippen LogP contribution < -0.4 is 4.74 Å². The molecule has 3 unspecified atom stereocenters. The Morgan fingerprint density at radius 1 is 0.971 bits per heavy atom. The van der Waals surface area contributed by atoms with Crippen LogP contribution in [0, 0.1) is 11.8 Å². The first-order chi connectivity index (χ1) is 17.2. The standard InChI is InChI=1S/C28H39N3O4/c1-34-16-14-30-12-6-7-21(30)17-20-19-29-26-11-10-22(18-25(20)26)35-15-5-4-13-31-27(32)23-8-2-3-9-24(23)28(31)33/h10-11,18-19,21,23-24,29H,2-9,12-17H2,1H3. The number of amides is 2. The highest BCUT2D eigenvalue weighted by Gasteiger charge is 2.47. The van der Waals surface area contributed by atoms with Gasteiger partial charge in [-0.05, 0) is 75.3 Å². The number of likely N-dealkylation sites (tertiary alicyclic amines) is 2. The van der Waals surface area contributed by atoms with E-state index in [9.17, 15) is 9.59 Å². The Balaban J connectivity index is 1.11. The Morgan fingerprint density at radius 2 is 1.77 bits per heavy atom. The minimum Gasteiger partial charge on any atom is -0.494 e. The number of fused-ring (bicyclic) bond motifs is 2. The monoisotopic (exact) mass is 481 g/mol. The molecular formula is C28H39N3O4. The zero-order valence-corrected chi connectivity index (χ0v) is 21.0. The molecule has 2 saturated heterocycles. The number of hydrogen-bond donors (Lipinski definition) is 1. The Bertz CT molecular complexity index is 1010. The van der Waals surface area contributed by atoms with Crippen molar-refractivity contribution in [2.75, 3.05) is 40.0 Å². The summed E-state index contributed by atoms with van der Waals surface area (Å²) >= 11 is 0. The molecule has 7 heteroatoms. The third kappa shape index (κ3) is 5.26.